The summed E-state index contributed by atoms with van der Waals surface area (Å²) in [6.45, 7) is 2.18. The van der Waals surface area contributed by atoms with Crippen LogP contribution in [0.15, 0.2) is 18.2 Å². The van der Waals surface area contributed by atoms with E-state index >= 15 is 0 Å². The molecule has 0 unspecified atom stereocenters. The number of benzene rings is 1. The lowest BCUT2D eigenvalue weighted by molar-refractivity contribution is 0.0602. The normalized spacial score (nSPS) is 10.1. The van der Waals surface area contributed by atoms with Crippen LogP contribution in [-0.2, 0) is 11.2 Å². The number of esters is 1. The molecule has 3 nitrogen and oxygen atoms in total. The molecule has 0 aliphatic rings. The number of ether oxygens (including phenoxy) is 1. The molecule has 1 aromatic carbocycles. The molecule has 0 aliphatic heterocycles. The van der Waals surface area contributed by atoms with Crippen molar-refractivity contribution in [2.45, 2.75) is 32.6 Å². The van der Waals surface area contributed by atoms with E-state index in [1.165, 1.54) is 25.5 Å². The quantitative estimate of drug-likeness (QED) is 0.472. The monoisotopic (exact) mass is 221 g/mol. The summed E-state index contributed by atoms with van der Waals surface area (Å²) >= 11 is 0. The van der Waals surface area contributed by atoms with Crippen LogP contribution in [0.2, 0.25) is 0 Å². The maximum absolute atomic E-state index is 11.3. The second-order valence-corrected chi connectivity index (χ2v) is 3.87. The third kappa shape index (κ3) is 3.26. The van der Waals surface area contributed by atoms with Gasteiger partial charge in [-0.3, -0.25) is 0 Å². The predicted molar refractivity (Wildman–Crippen MR) is 65.4 cm³/mol. The van der Waals surface area contributed by atoms with Crippen molar-refractivity contribution in [3.05, 3.63) is 29.3 Å². The van der Waals surface area contributed by atoms with Gasteiger partial charge in [0.25, 0.3) is 0 Å². The summed E-state index contributed by atoms with van der Waals surface area (Å²) in [4.78, 5) is 11.3. The molecule has 16 heavy (non-hydrogen) atoms. The van der Waals surface area contributed by atoms with Crippen molar-refractivity contribution >= 4 is 11.7 Å². The van der Waals surface area contributed by atoms with E-state index in [9.17, 15) is 4.79 Å². The fourth-order valence-electron chi connectivity index (χ4n) is 1.64. The van der Waals surface area contributed by atoms with E-state index in [1.54, 1.807) is 6.07 Å². The fourth-order valence-corrected chi connectivity index (χ4v) is 1.64. The van der Waals surface area contributed by atoms with Gasteiger partial charge in [-0.1, -0.05) is 25.8 Å². The molecule has 0 aromatic heterocycles. The lowest BCUT2D eigenvalue weighted by Crippen LogP contribution is -2.06. The number of carbonyl (C=O) groups is 1. The van der Waals surface area contributed by atoms with Crippen molar-refractivity contribution in [3.8, 4) is 0 Å². The number of carbonyl (C=O) groups excluding carboxylic acids is 1. The first-order chi connectivity index (χ1) is 7.69. The Kier molecular flexibility index (Phi) is 4.83. The van der Waals surface area contributed by atoms with Gasteiger partial charge in [0.15, 0.2) is 0 Å². The van der Waals surface area contributed by atoms with Crippen molar-refractivity contribution in [2.24, 2.45) is 0 Å². The largest absolute Gasteiger partial charge is 0.465 e. The number of hydrogen-bond donors (Lipinski definition) is 1. The Labute approximate surface area is 96.6 Å². The van der Waals surface area contributed by atoms with Gasteiger partial charge in [0, 0.05) is 5.69 Å². The third-order valence-corrected chi connectivity index (χ3v) is 2.59. The van der Waals surface area contributed by atoms with E-state index in [0.717, 1.165) is 12.8 Å². The van der Waals surface area contributed by atoms with E-state index in [-0.39, 0.29) is 5.97 Å². The van der Waals surface area contributed by atoms with Gasteiger partial charge in [0.2, 0.25) is 0 Å². The Morgan fingerprint density at radius 2 is 2.12 bits per heavy atom. The zero-order valence-electron chi connectivity index (χ0n) is 9.95. The van der Waals surface area contributed by atoms with Crippen LogP contribution in [-0.4, -0.2) is 13.1 Å². The van der Waals surface area contributed by atoms with E-state index in [4.69, 9.17) is 5.73 Å². The predicted octanol–water partition coefficient (Wildman–Crippen LogP) is 2.79. The molecule has 88 valence electrons. The highest BCUT2D eigenvalue weighted by Gasteiger charge is 2.09. The van der Waals surface area contributed by atoms with Gasteiger partial charge in [0.1, 0.15) is 0 Å². The molecule has 0 amide bonds. The lowest BCUT2D eigenvalue weighted by Gasteiger charge is -2.06. The SMILES string of the molecule is CCCCCc1ccc(C(=O)OC)c(N)c1. The Bertz CT molecular complexity index is 361. The minimum atomic E-state index is -0.377. The Morgan fingerprint density at radius 1 is 1.38 bits per heavy atom. The van der Waals surface area contributed by atoms with Crippen LogP contribution in [0.25, 0.3) is 0 Å². The molecule has 0 aliphatic carbocycles. The summed E-state index contributed by atoms with van der Waals surface area (Å²) in [5.41, 5.74) is 7.93. The highest BCUT2D eigenvalue weighted by atomic mass is 16.5. The Balaban J connectivity index is 2.71. The highest BCUT2D eigenvalue weighted by Crippen LogP contribution is 2.17. The number of nitrogens with two attached hydrogens (primary N) is 1. The summed E-state index contributed by atoms with van der Waals surface area (Å²) in [6.07, 6.45) is 4.60. The highest BCUT2D eigenvalue weighted by molar-refractivity contribution is 5.95. The molecule has 0 fully saturated rings. The standard InChI is InChI=1S/C13H19NO2/c1-3-4-5-6-10-7-8-11(12(14)9-10)13(15)16-2/h7-9H,3-6,14H2,1-2H3. The third-order valence-electron chi connectivity index (χ3n) is 2.59. The van der Waals surface area contributed by atoms with Crippen LogP contribution in [0.3, 0.4) is 0 Å². The second kappa shape index (κ2) is 6.16. The number of unbranched alkanes of at least 4 members (excludes halogenated alkanes) is 2. The maximum Gasteiger partial charge on any atom is 0.339 e. The van der Waals surface area contributed by atoms with Crippen LogP contribution in [0.1, 0.15) is 42.1 Å². The van der Waals surface area contributed by atoms with Crippen molar-refractivity contribution in [1.29, 1.82) is 0 Å². The van der Waals surface area contributed by atoms with Gasteiger partial charge in [-0.05, 0) is 30.5 Å². The molecule has 0 heterocycles. The minimum absolute atomic E-state index is 0.377. The van der Waals surface area contributed by atoms with E-state index in [2.05, 4.69) is 11.7 Å². The van der Waals surface area contributed by atoms with Gasteiger partial charge in [-0.25, -0.2) is 4.79 Å². The summed E-state index contributed by atoms with van der Waals surface area (Å²) in [5, 5.41) is 0. The van der Waals surface area contributed by atoms with Crippen LogP contribution in [0.5, 0.6) is 0 Å². The first-order valence-corrected chi connectivity index (χ1v) is 5.65. The van der Waals surface area contributed by atoms with Crippen LogP contribution in [0.4, 0.5) is 5.69 Å². The van der Waals surface area contributed by atoms with Gasteiger partial charge in [0.05, 0.1) is 12.7 Å². The number of anilines is 1. The smallest absolute Gasteiger partial charge is 0.339 e. The van der Waals surface area contributed by atoms with Crippen molar-refractivity contribution in [1.82, 2.24) is 0 Å². The number of nitrogen functional groups attached to an aromatic ring is 1. The molecular formula is C13H19NO2. The zero-order chi connectivity index (χ0) is 12.0. The van der Waals surface area contributed by atoms with Crippen LogP contribution in [0, 0.1) is 0 Å². The maximum atomic E-state index is 11.3. The molecule has 3 heteroatoms. The van der Waals surface area contributed by atoms with E-state index in [1.807, 2.05) is 12.1 Å². The summed E-state index contributed by atoms with van der Waals surface area (Å²) in [6, 6.07) is 5.54. The van der Waals surface area contributed by atoms with Crippen molar-refractivity contribution < 1.29 is 9.53 Å². The topological polar surface area (TPSA) is 52.3 Å². The molecular weight excluding hydrogens is 202 g/mol. The summed E-state index contributed by atoms with van der Waals surface area (Å²) < 4.78 is 4.64. The second-order valence-electron chi connectivity index (χ2n) is 3.87. The van der Waals surface area contributed by atoms with Crippen molar-refractivity contribution in [2.75, 3.05) is 12.8 Å². The van der Waals surface area contributed by atoms with Crippen LogP contribution < -0.4 is 5.73 Å². The Morgan fingerprint density at radius 3 is 2.69 bits per heavy atom. The first-order valence-electron chi connectivity index (χ1n) is 5.65. The van der Waals surface area contributed by atoms with Gasteiger partial charge in [-0.15, -0.1) is 0 Å². The number of rotatable bonds is 5. The molecule has 0 spiro atoms. The van der Waals surface area contributed by atoms with Gasteiger partial charge >= 0.3 is 5.97 Å². The average molecular weight is 221 g/mol. The van der Waals surface area contributed by atoms with Gasteiger partial charge in [-0.2, -0.15) is 0 Å². The average Bonchev–Trinajstić information content (AvgIpc) is 2.29. The molecule has 0 radical (unpaired) electrons. The first kappa shape index (κ1) is 12.6. The van der Waals surface area contributed by atoms with E-state index < -0.39 is 0 Å². The van der Waals surface area contributed by atoms with E-state index in [0.29, 0.717) is 11.3 Å². The minimum Gasteiger partial charge on any atom is -0.465 e. The summed E-state index contributed by atoms with van der Waals surface area (Å²) in [5.74, 6) is -0.377. The van der Waals surface area contributed by atoms with Crippen LogP contribution >= 0.6 is 0 Å². The zero-order valence-corrected chi connectivity index (χ0v) is 9.95. The fraction of sp³-hybridized carbons (Fsp3) is 0.462. The molecule has 1 aromatic rings. The van der Waals surface area contributed by atoms with Gasteiger partial charge < -0.3 is 10.5 Å². The Hall–Kier alpha value is -1.51. The molecule has 0 saturated heterocycles. The summed E-state index contributed by atoms with van der Waals surface area (Å²) in [7, 11) is 1.36. The molecule has 0 bridgehead atoms. The molecule has 0 saturated carbocycles. The number of hydrogen-bond acceptors (Lipinski definition) is 3. The molecule has 0 atom stereocenters. The molecule has 1 rings (SSSR count). The lowest BCUT2D eigenvalue weighted by atomic mass is 10.0. The van der Waals surface area contributed by atoms with Crippen molar-refractivity contribution in [3.63, 3.8) is 0 Å². The molecule has 2 N–H and O–H groups in total. The number of aryl methyl sites for hydroxylation is 1. The number of methoxy groups -OCH3 is 1.